The number of imidazole rings is 1. The van der Waals surface area contributed by atoms with Gasteiger partial charge in [-0.1, -0.05) is 19.3 Å². The number of nitrogens with one attached hydrogen (secondary N) is 2. The van der Waals surface area contributed by atoms with Crippen LogP contribution in [0.3, 0.4) is 0 Å². The third-order valence-electron chi connectivity index (χ3n) is 4.72. The highest BCUT2D eigenvalue weighted by Gasteiger charge is 2.18. The zero-order valence-electron chi connectivity index (χ0n) is 13.3. The minimum absolute atomic E-state index is 0.168. The van der Waals surface area contributed by atoms with Crippen molar-refractivity contribution in [1.82, 2.24) is 24.5 Å². The van der Waals surface area contributed by atoms with E-state index in [2.05, 4.69) is 19.9 Å². The largest absolute Gasteiger partial charge is 0.329 e. The molecule has 1 fully saturated rings. The molecule has 0 unspecified atom stereocenters. The fourth-order valence-corrected chi connectivity index (χ4v) is 3.46. The number of fused-ring (bicyclic) bond motifs is 1. The fourth-order valence-electron chi connectivity index (χ4n) is 3.46. The maximum absolute atomic E-state index is 12.3. The quantitative estimate of drug-likeness (QED) is 0.770. The lowest BCUT2D eigenvalue weighted by atomic mass is 9.89. The van der Waals surface area contributed by atoms with Crippen molar-refractivity contribution in [1.29, 1.82) is 0 Å². The van der Waals surface area contributed by atoms with E-state index in [0.29, 0.717) is 35.0 Å². The molecule has 24 heavy (non-hydrogen) atoms. The van der Waals surface area contributed by atoms with E-state index in [4.69, 9.17) is 0 Å². The molecule has 0 saturated heterocycles. The summed E-state index contributed by atoms with van der Waals surface area (Å²) in [5.41, 5.74) is 1.96. The molecule has 1 saturated carbocycles. The van der Waals surface area contributed by atoms with Crippen molar-refractivity contribution >= 4 is 11.3 Å². The second-order valence-electron chi connectivity index (χ2n) is 6.41. The highest BCUT2D eigenvalue weighted by atomic mass is 16.1. The summed E-state index contributed by atoms with van der Waals surface area (Å²) in [6, 6.07) is 3.25. The molecule has 0 amide bonds. The van der Waals surface area contributed by atoms with Crippen LogP contribution >= 0.6 is 0 Å². The number of hydrogen-bond acceptors (Lipinski definition) is 4. The van der Waals surface area contributed by atoms with Crippen molar-refractivity contribution in [3.8, 4) is 11.3 Å². The highest BCUT2D eigenvalue weighted by molar-refractivity contribution is 5.70. The average molecular weight is 325 g/mol. The third kappa shape index (κ3) is 2.77. The molecule has 7 heteroatoms. The Balaban J connectivity index is 1.76. The summed E-state index contributed by atoms with van der Waals surface area (Å²) in [5.74, 6) is 0.514. The Kier molecular flexibility index (Phi) is 3.76. The fraction of sp³-hybridized carbons (Fsp3) is 0.412. The van der Waals surface area contributed by atoms with Gasteiger partial charge in [0.15, 0.2) is 11.3 Å². The summed E-state index contributed by atoms with van der Waals surface area (Å²) in [7, 11) is 0. The maximum atomic E-state index is 12.3. The van der Waals surface area contributed by atoms with Gasteiger partial charge in [0.2, 0.25) is 5.56 Å². The lowest BCUT2D eigenvalue weighted by Gasteiger charge is -2.21. The Bertz CT molecular complexity index is 978. The van der Waals surface area contributed by atoms with Gasteiger partial charge in [-0.25, -0.2) is 14.8 Å². The van der Waals surface area contributed by atoms with Crippen molar-refractivity contribution in [2.45, 2.75) is 38.6 Å². The molecule has 4 rings (SSSR count). The van der Waals surface area contributed by atoms with Crippen LogP contribution in [0.5, 0.6) is 0 Å². The summed E-state index contributed by atoms with van der Waals surface area (Å²) in [4.78, 5) is 38.0. The Morgan fingerprint density at radius 3 is 2.83 bits per heavy atom. The van der Waals surface area contributed by atoms with Gasteiger partial charge in [-0.3, -0.25) is 14.3 Å². The van der Waals surface area contributed by atoms with Gasteiger partial charge in [0.05, 0.1) is 11.9 Å². The molecule has 1 aliphatic rings. The Morgan fingerprint density at radius 1 is 1.21 bits per heavy atom. The molecule has 3 aromatic heterocycles. The van der Waals surface area contributed by atoms with E-state index >= 15 is 0 Å². The van der Waals surface area contributed by atoms with Crippen LogP contribution < -0.4 is 11.2 Å². The molecule has 0 aliphatic heterocycles. The second-order valence-corrected chi connectivity index (χ2v) is 6.41. The van der Waals surface area contributed by atoms with E-state index in [1.807, 2.05) is 0 Å². The van der Waals surface area contributed by atoms with Crippen LogP contribution in [-0.2, 0) is 6.54 Å². The Labute approximate surface area is 137 Å². The lowest BCUT2D eigenvalue weighted by Crippen LogP contribution is -2.23. The molecule has 0 spiro atoms. The Hall–Kier alpha value is -2.70. The van der Waals surface area contributed by atoms with Crippen LogP contribution in [0.4, 0.5) is 0 Å². The molecule has 3 heterocycles. The summed E-state index contributed by atoms with van der Waals surface area (Å²) >= 11 is 0. The maximum Gasteiger partial charge on any atom is 0.328 e. The lowest BCUT2D eigenvalue weighted by molar-refractivity contribution is 0.319. The normalized spacial score (nSPS) is 15.8. The van der Waals surface area contributed by atoms with E-state index in [9.17, 15) is 9.59 Å². The monoisotopic (exact) mass is 325 g/mol. The first-order chi connectivity index (χ1) is 11.7. The zero-order valence-corrected chi connectivity index (χ0v) is 13.3. The van der Waals surface area contributed by atoms with Crippen LogP contribution in [-0.4, -0.2) is 24.5 Å². The second kappa shape index (κ2) is 6.07. The van der Waals surface area contributed by atoms with E-state index < -0.39 is 0 Å². The minimum atomic E-state index is -0.192. The molecule has 0 atom stereocenters. The first-order valence-electron chi connectivity index (χ1n) is 8.35. The molecular formula is C17H19N5O2. The number of hydrogen-bond donors (Lipinski definition) is 2. The van der Waals surface area contributed by atoms with E-state index in [1.54, 1.807) is 23.0 Å². The van der Waals surface area contributed by atoms with Crippen molar-refractivity contribution in [2.75, 3.05) is 0 Å². The van der Waals surface area contributed by atoms with Crippen molar-refractivity contribution in [3.05, 3.63) is 45.4 Å². The minimum Gasteiger partial charge on any atom is -0.329 e. The summed E-state index contributed by atoms with van der Waals surface area (Å²) in [6.45, 7) is 0.673. The molecule has 0 aromatic carbocycles. The van der Waals surface area contributed by atoms with Gasteiger partial charge in [-0.2, -0.15) is 0 Å². The number of rotatable bonds is 3. The van der Waals surface area contributed by atoms with Crippen LogP contribution in [0.15, 0.2) is 34.1 Å². The molecule has 3 aromatic rings. The number of pyridine rings is 1. The number of H-pyrrole nitrogens is 2. The average Bonchev–Trinajstić information content (AvgIpc) is 2.91. The van der Waals surface area contributed by atoms with E-state index in [0.717, 1.165) is 12.8 Å². The van der Waals surface area contributed by atoms with Crippen LogP contribution in [0, 0.1) is 5.92 Å². The van der Waals surface area contributed by atoms with Gasteiger partial charge in [-0.15, -0.1) is 0 Å². The summed E-state index contributed by atoms with van der Waals surface area (Å²) in [5, 5.41) is 0. The molecule has 0 bridgehead atoms. The topological polar surface area (TPSA) is 96.4 Å². The van der Waals surface area contributed by atoms with E-state index in [1.165, 1.54) is 25.3 Å². The van der Waals surface area contributed by atoms with Crippen LogP contribution in [0.1, 0.15) is 32.1 Å². The van der Waals surface area contributed by atoms with Gasteiger partial charge in [-0.05, 0) is 24.8 Å². The smallest absolute Gasteiger partial charge is 0.328 e. The number of aromatic nitrogens is 5. The van der Waals surface area contributed by atoms with E-state index in [-0.39, 0.29) is 11.2 Å². The van der Waals surface area contributed by atoms with Gasteiger partial charge >= 0.3 is 5.69 Å². The SMILES string of the molecule is O=c1cc(-c2cnc3[nH]c(=O)n(CC4CCCCC4)c3n2)cc[nH]1. The predicted octanol–water partition coefficient (Wildman–Crippen LogP) is 2.06. The predicted molar refractivity (Wildman–Crippen MR) is 90.8 cm³/mol. The molecule has 2 N–H and O–H groups in total. The van der Waals surface area contributed by atoms with Crippen molar-refractivity contribution in [2.24, 2.45) is 5.92 Å². The standard InChI is InChI=1S/C17H19N5O2/c23-14-8-12(6-7-18-14)13-9-19-15-16(20-13)22(17(24)21-15)10-11-4-2-1-3-5-11/h6-9,11H,1-5,10H2,(H,18,23)(H,19,21,24). The third-order valence-corrected chi connectivity index (χ3v) is 4.72. The van der Waals surface area contributed by atoms with Crippen LogP contribution in [0.2, 0.25) is 0 Å². The van der Waals surface area contributed by atoms with Gasteiger partial charge < -0.3 is 4.98 Å². The molecule has 124 valence electrons. The summed E-state index contributed by atoms with van der Waals surface area (Å²) in [6.07, 6.45) is 9.21. The summed E-state index contributed by atoms with van der Waals surface area (Å²) < 4.78 is 1.69. The van der Waals surface area contributed by atoms with Gasteiger partial charge in [0.25, 0.3) is 0 Å². The molecular weight excluding hydrogens is 306 g/mol. The number of aromatic amines is 2. The molecule has 1 aliphatic carbocycles. The van der Waals surface area contributed by atoms with Gasteiger partial charge in [0, 0.05) is 24.4 Å². The Morgan fingerprint density at radius 2 is 2.04 bits per heavy atom. The first kappa shape index (κ1) is 14.9. The first-order valence-corrected chi connectivity index (χ1v) is 8.35. The van der Waals surface area contributed by atoms with Crippen molar-refractivity contribution in [3.63, 3.8) is 0 Å². The van der Waals surface area contributed by atoms with Crippen molar-refractivity contribution < 1.29 is 0 Å². The zero-order chi connectivity index (χ0) is 16.5. The molecule has 7 nitrogen and oxygen atoms in total. The number of nitrogens with zero attached hydrogens (tertiary/aromatic N) is 3. The van der Waals surface area contributed by atoms with Crippen LogP contribution in [0.25, 0.3) is 22.6 Å². The van der Waals surface area contributed by atoms with Gasteiger partial charge in [0.1, 0.15) is 0 Å². The molecule has 0 radical (unpaired) electrons. The highest BCUT2D eigenvalue weighted by Crippen LogP contribution is 2.25.